The lowest BCUT2D eigenvalue weighted by atomic mass is 10.3. The molecule has 1 N–H and O–H groups in total. The first-order valence-corrected chi connectivity index (χ1v) is 5.83. The Bertz CT molecular complexity index is 149. The van der Waals surface area contributed by atoms with Crippen LogP contribution in [0.15, 0.2) is 0 Å². The molecule has 0 rings (SSSR count). The average molecular weight is 221 g/mol. The van der Waals surface area contributed by atoms with Gasteiger partial charge in [0.25, 0.3) is 0 Å². The van der Waals surface area contributed by atoms with Crippen LogP contribution in [0.3, 0.4) is 0 Å². The average Bonchev–Trinajstić information content (AvgIpc) is 2.23. The van der Waals surface area contributed by atoms with E-state index in [0.717, 1.165) is 39.0 Å². The third kappa shape index (κ3) is 7.15. The van der Waals surface area contributed by atoms with Gasteiger partial charge in [0.2, 0.25) is 5.91 Å². The molecule has 0 fully saturated rings. The number of hydrogen-bond donors (Lipinski definition) is 1. The third-order valence-corrected chi connectivity index (χ3v) is 2.48. The summed E-state index contributed by atoms with van der Waals surface area (Å²) in [5.41, 5.74) is 0. The molecule has 0 radical (unpaired) electrons. The lowest BCUT2D eigenvalue weighted by Crippen LogP contribution is -2.27. The Kier molecular flexibility index (Phi) is 9.10. The van der Waals surface area contributed by atoms with Crippen LogP contribution in [0.2, 0.25) is 0 Å². The van der Waals surface area contributed by atoms with Crippen molar-refractivity contribution in [1.29, 1.82) is 0 Å². The Hall–Kier alpha value is -0.280. The molecular weight excluding hydrogens is 200 g/mol. The summed E-state index contributed by atoms with van der Waals surface area (Å²) in [6.45, 7) is 8.39. The zero-order valence-electron chi connectivity index (χ0n) is 9.18. The van der Waals surface area contributed by atoms with E-state index in [0.29, 0.717) is 0 Å². The van der Waals surface area contributed by atoms with E-state index in [2.05, 4.69) is 24.1 Å². The number of nitrogens with one attached hydrogen (secondary N) is 1. The zero-order valence-corrected chi connectivity index (χ0v) is 9.94. The molecule has 0 saturated carbocycles. The standard InChI is InChI=1S/C10H21ClN2O/c1-3-13(4-2)8-6-5-7-12-10(14)9-11/h3-9H2,1-2H3,(H,12,14). The van der Waals surface area contributed by atoms with Crippen molar-refractivity contribution in [2.45, 2.75) is 26.7 Å². The molecule has 84 valence electrons. The Balaban J connectivity index is 3.24. The van der Waals surface area contributed by atoms with Crippen molar-refractivity contribution in [3.8, 4) is 0 Å². The Morgan fingerprint density at radius 3 is 2.43 bits per heavy atom. The van der Waals surface area contributed by atoms with Gasteiger partial charge in [-0.3, -0.25) is 4.79 Å². The van der Waals surface area contributed by atoms with Crippen LogP contribution < -0.4 is 5.32 Å². The maximum Gasteiger partial charge on any atom is 0.234 e. The minimum atomic E-state index is -0.0745. The van der Waals surface area contributed by atoms with Gasteiger partial charge in [0, 0.05) is 6.54 Å². The molecule has 0 aromatic carbocycles. The number of carbonyl (C=O) groups excluding carboxylic acids is 1. The molecule has 0 aromatic rings. The molecule has 0 bridgehead atoms. The van der Waals surface area contributed by atoms with Crippen molar-refractivity contribution >= 4 is 17.5 Å². The molecule has 0 aromatic heterocycles. The van der Waals surface area contributed by atoms with Gasteiger partial charge in [-0.25, -0.2) is 0 Å². The maximum atomic E-state index is 10.8. The highest BCUT2D eigenvalue weighted by Crippen LogP contribution is 1.93. The largest absolute Gasteiger partial charge is 0.355 e. The zero-order chi connectivity index (χ0) is 10.8. The van der Waals surface area contributed by atoms with Crippen molar-refractivity contribution in [2.75, 3.05) is 32.1 Å². The van der Waals surface area contributed by atoms with Crippen molar-refractivity contribution in [2.24, 2.45) is 0 Å². The van der Waals surface area contributed by atoms with Crippen LogP contribution in [0.1, 0.15) is 26.7 Å². The first-order chi connectivity index (χ1) is 6.74. The second-order valence-corrected chi connectivity index (χ2v) is 3.48. The summed E-state index contributed by atoms with van der Waals surface area (Å²) in [5.74, 6) is -0.00901. The molecular formula is C10H21ClN2O. The molecule has 0 atom stereocenters. The predicted molar refractivity (Wildman–Crippen MR) is 60.8 cm³/mol. The topological polar surface area (TPSA) is 32.3 Å². The van der Waals surface area contributed by atoms with Gasteiger partial charge in [0.1, 0.15) is 5.88 Å². The Labute approximate surface area is 91.8 Å². The van der Waals surface area contributed by atoms with Gasteiger partial charge in [-0.2, -0.15) is 0 Å². The van der Waals surface area contributed by atoms with Gasteiger partial charge in [0.05, 0.1) is 0 Å². The van der Waals surface area contributed by atoms with Crippen molar-refractivity contribution in [3.63, 3.8) is 0 Å². The minimum absolute atomic E-state index is 0.0655. The quantitative estimate of drug-likeness (QED) is 0.496. The number of rotatable bonds is 8. The molecule has 4 heteroatoms. The highest BCUT2D eigenvalue weighted by molar-refractivity contribution is 6.27. The number of unbranched alkanes of at least 4 members (excludes halogenated alkanes) is 1. The van der Waals surface area contributed by atoms with Crippen LogP contribution in [0.25, 0.3) is 0 Å². The summed E-state index contributed by atoms with van der Waals surface area (Å²) >= 11 is 5.34. The van der Waals surface area contributed by atoms with E-state index in [1.807, 2.05) is 0 Å². The van der Waals surface area contributed by atoms with Crippen LogP contribution >= 0.6 is 11.6 Å². The van der Waals surface area contributed by atoms with E-state index < -0.39 is 0 Å². The third-order valence-electron chi connectivity index (χ3n) is 2.24. The van der Waals surface area contributed by atoms with Crippen molar-refractivity contribution in [1.82, 2.24) is 10.2 Å². The second-order valence-electron chi connectivity index (χ2n) is 3.22. The first-order valence-electron chi connectivity index (χ1n) is 5.29. The summed E-state index contributed by atoms with van der Waals surface area (Å²) in [7, 11) is 0. The van der Waals surface area contributed by atoms with Crippen molar-refractivity contribution < 1.29 is 4.79 Å². The summed E-state index contributed by atoms with van der Waals surface area (Å²) in [6, 6.07) is 0. The monoisotopic (exact) mass is 220 g/mol. The molecule has 3 nitrogen and oxygen atoms in total. The summed E-state index contributed by atoms with van der Waals surface area (Å²) in [4.78, 5) is 13.1. The van der Waals surface area contributed by atoms with Crippen LogP contribution in [-0.2, 0) is 4.79 Å². The molecule has 0 heterocycles. The number of amides is 1. The van der Waals surface area contributed by atoms with Gasteiger partial charge in [0.15, 0.2) is 0 Å². The molecule has 0 aliphatic rings. The maximum absolute atomic E-state index is 10.8. The number of hydrogen-bond acceptors (Lipinski definition) is 2. The smallest absolute Gasteiger partial charge is 0.234 e. The first kappa shape index (κ1) is 13.7. The molecule has 0 aliphatic heterocycles. The fourth-order valence-corrected chi connectivity index (χ4v) is 1.37. The van der Waals surface area contributed by atoms with E-state index in [1.54, 1.807) is 0 Å². The molecule has 14 heavy (non-hydrogen) atoms. The number of alkyl halides is 1. The van der Waals surface area contributed by atoms with Crippen LogP contribution in [0, 0.1) is 0 Å². The fraction of sp³-hybridized carbons (Fsp3) is 0.900. The van der Waals surface area contributed by atoms with Crippen LogP contribution in [0.5, 0.6) is 0 Å². The lowest BCUT2D eigenvalue weighted by molar-refractivity contribution is -0.118. The Morgan fingerprint density at radius 1 is 1.29 bits per heavy atom. The summed E-state index contributed by atoms with van der Waals surface area (Å²) < 4.78 is 0. The SMILES string of the molecule is CCN(CC)CCCCNC(=O)CCl. The number of nitrogens with zero attached hydrogens (tertiary/aromatic N) is 1. The van der Waals surface area contributed by atoms with Gasteiger partial charge >= 0.3 is 0 Å². The normalized spacial score (nSPS) is 10.6. The van der Waals surface area contributed by atoms with E-state index in [-0.39, 0.29) is 11.8 Å². The van der Waals surface area contributed by atoms with Gasteiger partial charge in [-0.15, -0.1) is 11.6 Å². The highest BCUT2D eigenvalue weighted by Gasteiger charge is 1.99. The molecule has 0 aliphatic carbocycles. The summed E-state index contributed by atoms with van der Waals surface area (Å²) in [5, 5.41) is 2.75. The fourth-order valence-electron chi connectivity index (χ4n) is 1.28. The Morgan fingerprint density at radius 2 is 1.93 bits per heavy atom. The molecule has 0 spiro atoms. The molecule has 1 amide bonds. The van der Waals surface area contributed by atoms with Crippen LogP contribution in [0.4, 0.5) is 0 Å². The second kappa shape index (κ2) is 9.28. The highest BCUT2D eigenvalue weighted by atomic mass is 35.5. The van der Waals surface area contributed by atoms with Crippen LogP contribution in [-0.4, -0.2) is 42.9 Å². The van der Waals surface area contributed by atoms with E-state index >= 15 is 0 Å². The van der Waals surface area contributed by atoms with E-state index in [4.69, 9.17) is 11.6 Å². The minimum Gasteiger partial charge on any atom is -0.355 e. The number of carbonyl (C=O) groups is 1. The van der Waals surface area contributed by atoms with Crippen molar-refractivity contribution in [3.05, 3.63) is 0 Å². The number of halogens is 1. The molecule has 0 unspecified atom stereocenters. The van der Waals surface area contributed by atoms with E-state index in [9.17, 15) is 4.79 Å². The van der Waals surface area contributed by atoms with Gasteiger partial charge < -0.3 is 10.2 Å². The van der Waals surface area contributed by atoms with Gasteiger partial charge in [-0.1, -0.05) is 13.8 Å². The summed E-state index contributed by atoms with van der Waals surface area (Å²) in [6.07, 6.45) is 2.16. The molecule has 0 saturated heterocycles. The van der Waals surface area contributed by atoms with Gasteiger partial charge in [-0.05, 0) is 32.5 Å². The lowest BCUT2D eigenvalue weighted by Gasteiger charge is -2.17. The van der Waals surface area contributed by atoms with E-state index in [1.165, 1.54) is 0 Å². The predicted octanol–water partition coefficient (Wildman–Crippen LogP) is 1.46.